The van der Waals surface area contributed by atoms with Gasteiger partial charge in [0.1, 0.15) is 12.6 Å². The van der Waals surface area contributed by atoms with Gasteiger partial charge in [0.15, 0.2) is 0 Å². The van der Waals surface area contributed by atoms with Gasteiger partial charge in [0.25, 0.3) is 0 Å². The summed E-state index contributed by atoms with van der Waals surface area (Å²) in [7, 11) is 0. The molecule has 0 bridgehead atoms. The van der Waals surface area contributed by atoms with Gasteiger partial charge < -0.3 is 15.2 Å². The van der Waals surface area contributed by atoms with E-state index < -0.39 is 5.97 Å². The van der Waals surface area contributed by atoms with Crippen LogP contribution in [0.4, 0.5) is 0 Å². The Balaban J connectivity index is 4.20. The van der Waals surface area contributed by atoms with E-state index in [1.807, 2.05) is 0 Å². The van der Waals surface area contributed by atoms with Crippen molar-refractivity contribution in [3.8, 4) is 0 Å². The van der Waals surface area contributed by atoms with Crippen LogP contribution >= 0.6 is 0 Å². The van der Waals surface area contributed by atoms with E-state index in [0.717, 1.165) is 70.6 Å². The van der Waals surface area contributed by atoms with Crippen LogP contribution in [0.5, 0.6) is 0 Å². The highest BCUT2D eigenvalue weighted by molar-refractivity contribution is 5.80. The zero-order valence-corrected chi connectivity index (χ0v) is 34.4. The number of carbonyl (C=O) groups excluding carboxylic acids is 2. The van der Waals surface area contributed by atoms with Crippen LogP contribution in [0, 0.1) is 0 Å². The largest absolute Gasteiger partial charge is 0.480 e. The number of hydrogen-bond donors (Lipinski definition) is 2. The SMILES string of the molecule is CCCCCCCC/C=C\CCCCCCCC(=O)OC(CCCCC/C=C\CCCCCCCCCC)CCCCCCCC(=O)NCC(=O)O. The Hall–Kier alpha value is -2.11. The molecule has 0 radical (unpaired) electrons. The molecule has 0 aliphatic rings. The van der Waals surface area contributed by atoms with Crippen molar-refractivity contribution in [1.82, 2.24) is 5.32 Å². The number of unbranched alkanes of at least 4 members (excludes halogenated alkanes) is 26. The normalized spacial score (nSPS) is 12.2. The molecule has 0 saturated heterocycles. The fourth-order valence-electron chi connectivity index (χ4n) is 6.74. The maximum atomic E-state index is 12.8. The number of carboxylic acids is 1. The van der Waals surface area contributed by atoms with E-state index in [9.17, 15) is 14.4 Å². The Kier molecular flexibility index (Phi) is 40.0. The lowest BCUT2D eigenvalue weighted by Crippen LogP contribution is -2.28. The summed E-state index contributed by atoms with van der Waals surface area (Å²) in [5, 5.41) is 11.1. The van der Waals surface area contributed by atoms with Crippen LogP contribution in [0.1, 0.15) is 239 Å². The number of carboxylic acid groups (broad SMARTS) is 1. The van der Waals surface area contributed by atoms with Gasteiger partial charge >= 0.3 is 11.9 Å². The Labute approximate surface area is 322 Å². The second-order valence-electron chi connectivity index (χ2n) is 15.3. The van der Waals surface area contributed by atoms with E-state index in [-0.39, 0.29) is 24.5 Å². The number of hydrogen-bond acceptors (Lipinski definition) is 4. The predicted molar refractivity (Wildman–Crippen MR) is 222 cm³/mol. The summed E-state index contributed by atoms with van der Waals surface area (Å²) in [6, 6.07) is 0. The van der Waals surface area contributed by atoms with E-state index in [1.165, 1.54) is 141 Å². The molecule has 6 heteroatoms. The molecule has 52 heavy (non-hydrogen) atoms. The molecular weight excluding hydrogens is 647 g/mol. The van der Waals surface area contributed by atoms with Crippen LogP contribution in [0.2, 0.25) is 0 Å². The fraction of sp³-hybridized carbons (Fsp3) is 0.848. The van der Waals surface area contributed by atoms with Crippen molar-refractivity contribution in [2.45, 2.75) is 245 Å². The molecule has 0 aliphatic heterocycles. The van der Waals surface area contributed by atoms with Gasteiger partial charge in [-0.3, -0.25) is 14.4 Å². The zero-order valence-electron chi connectivity index (χ0n) is 34.4. The molecule has 0 aromatic carbocycles. The molecule has 0 saturated carbocycles. The van der Waals surface area contributed by atoms with Gasteiger partial charge in [-0.05, 0) is 89.9 Å². The molecule has 0 fully saturated rings. The van der Waals surface area contributed by atoms with Gasteiger partial charge in [-0.15, -0.1) is 0 Å². The number of allylic oxidation sites excluding steroid dienone is 4. The summed E-state index contributed by atoms with van der Waals surface area (Å²) in [5.74, 6) is -1.24. The Bertz CT molecular complexity index is 854. The van der Waals surface area contributed by atoms with Gasteiger partial charge in [-0.1, -0.05) is 160 Å². The summed E-state index contributed by atoms with van der Waals surface area (Å²) in [4.78, 5) is 35.1. The summed E-state index contributed by atoms with van der Waals surface area (Å²) in [6.07, 6.45) is 50.2. The van der Waals surface area contributed by atoms with Crippen LogP contribution in [-0.4, -0.2) is 35.6 Å². The van der Waals surface area contributed by atoms with E-state index >= 15 is 0 Å². The minimum Gasteiger partial charge on any atom is -0.480 e. The highest BCUT2D eigenvalue weighted by Crippen LogP contribution is 2.18. The lowest BCUT2D eigenvalue weighted by atomic mass is 10.0. The number of rotatable bonds is 41. The van der Waals surface area contributed by atoms with Gasteiger partial charge in [0.2, 0.25) is 5.91 Å². The highest BCUT2D eigenvalue weighted by Gasteiger charge is 2.14. The molecule has 1 atom stereocenters. The fourth-order valence-corrected chi connectivity index (χ4v) is 6.74. The second-order valence-corrected chi connectivity index (χ2v) is 15.3. The lowest BCUT2D eigenvalue weighted by Gasteiger charge is -2.18. The number of nitrogens with one attached hydrogen (secondary N) is 1. The molecule has 6 nitrogen and oxygen atoms in total. The molecule has 0 rings (SSSR count). The van der Waals surface area contributed by atoms with Gasteiger partial charge in [-0.2, -0.15) is 0 Å². The Morgan fingerprint density at radius 3 is 1.25 bits per heavy atom. The molecule has 0 aromatic rings. The maximum Gasteiger partial charge on any atom is 0.322 e. The first-order valence-electron chi connectivity index (χ1n) is 22.5. The van der Waals surface area contributed by atoms with Crippen LogP contribution in [0.25, 0.3) is 0 Å². The summed E-state index contributed by atoms with van der Waals surface area (Å²) in [6.45, 7) is 4.23. The van der Waals surface area contributed by atoms with E-state index in [2.05, 4.69) is 43.5 Å². The first-order chi connectivity index (χ1) is 25.5. The van der Waals surface area contributed by atoms with Crippen molar-refractivity contribution in [1.29, 1.82) is 0 Å². The number of aliphatic carboxylic acids is 1. The molecule has 0 spiro atoms. The maximum absolute atomic E-state index is 12.8. The summed E-state index contributed by atoms with van der Waals surface area (Å²) in [5.41, 5.74) is 0. The Morgan fingerprint density at radius 2 is 0.827 bits per heavy atom. The van der Waals surface area contributed by atoms with Crippen LogP contribution in [0.3, 0.4) is 0 Å². The first kappa shape index (κ1) is 49.9. The molecule has 1 amide bonds. The summed E-state index contributed by atoms with van der Waals surface area (Å²) >= 11 is 0. The van der Waals surface area contributed by atoms with E-state index in [4.69, 9.17) is 9.84 Å². The molecule has 304 valence electrons. The van der Waals surface area contributed by atoms with Crippen molar-refractivity contribution in [2.75, 3.05) is 6.54 Å². The molecule has 2 N–H and O–H groups in total. The average molecular weight is 732 g/mol. The third-order valence-electron chi connectivity index (χ3n) is 10.1. The second kappa shape index (κ2) is 41.6. The molecule has 0 aromatic heterocycles. The summed E-state index contributed by atoms with van der Waals surface area (Å²) < 4.78 is 6.03. The van der Waals surface area contributed by atoms with Gasteiger partial charge in [-0.25, -0.2) is 0 Å². The van der Waals surface area contributed by atoms with Crippen LogP contribution < -0.4 is 5.32 Å². The van der Waals surface area contributed by atoms with Crippen molar-refractivity contribution in [3.63, 3.8) is 0 Å². The van der Waals surface area contributed by atoms with Crippen LogP contribution in [0.15, 0.2) is 24.3 Å². The van der Waals surface area contributed by atoms with Crippen molar-refractivity contribution in [3.05, 3.63) is 24.3 Å². The monoisotopic (exact) mass is 732 g/mol. The van der Waals surface area contributed by atoms with E-state index in [0.29, 0.717) is 12.8 Å². The van der Waals surface area contributed by atoms with Gasteiger partial charge in [0, 0.05) is 12.8 Å². The lowest BCUT2D eigenvalue weighted by molar-refractivity contribution is -0.150. The number of carbonyl (C=O) groups is 3. The van der Waals surface area contributed by atoms with Gasteiger partial charge in [0.05, 0.1) is 0 Å². The van der Waals surface area contributed by atoms with Crippen molar-refractivity contribution in [2.24, 2.45) is 0 Å². The number of ether oxygens (including phenoxy) is 1. The van der Waals surface area contributed by atoms with Crippen molar-refractivity contribution >= 4 is 17.8 Å². The standard InChI is InChI=1S/C46H85NO5/c1-3-5-7-9-11-13-15-17-19-21-23-25-27-30-34-38-43(39-35-31-29-32-36-40-44(48)47-42-45(49)50)52-46(51)41-37-33-28-26-24-22-20-18-16-14-12-10-8-6-4-2/h18,20-21,23,43H,3-17,19,22,24-42H2,1-2H3,(H,47,48)(H,49,50)/b20-18-,23-21-. The number of esters is 1. The third-order valence-corrected chi connectivity index (χ3v) is 10.1. The molecule has 0 heterocycles. The smallest absolute Gasteiger partial charge is 0.322 e. The topological polar surface area (TPSA) is 92.7 Å². The average Bonchev–Trinajstić information content (AvgIpc) is 3.13. The minimum absolute atomic E-state index is 0.00920. The molecular formula is C46H85NO5. The third kappa shape index (κ3) is 40.7. The minimum atomic E-state index is -1.02. The Morgan fingerprint density at radius 1 is 0.481 bits per heavy atom. The van der Waals surface area contributed by atoms with Crippen LogP contribution in [-0.2, 0) is 19.1 Å². The number of amides is 1. The molecule has 0 aliphatic carbocycles. The molecule has 1 unspecified atom stereocenters. The highest BCUT2D eigenvalue weighted by atomic mass is 16.5. The quantitative estimate of drug-likeness (QED) is 0.0371. The zero-order chi connectivity index (χ0) is 38.0. The predicted octanol–water partition coefficient (Wildman–Crippen LogP) is 13.9. The van der Waals surface area contributed by atoms with Crippen molar-refractivity contribution < 1.29 is 24.2 Å². The first-order valence-corrected chi connectivity index (χ1v) is 22.5. The van der Waals surface area contributed by atoms with E-state index in [1.54, 1.807) is 0 Å².